The number of benzene rings is 1. The lowest BCUT2D eigenvalue weighted by Crippen LogP contribution is -2.45. The van der Waals surface area contributed by atoms with E-state index in [0.717, 1.165) is 16.8 Å². The Hall–Kier alpha value is -0.490. The molecule has 2 nitrogen and oxygen atoms in total. The van der Waals surface area contributed by atoms with Gasteiger partial charge in [-0.3, -0.25) is 4.79 Å². The average Bonchev–Trinajstić information content (AvgIpc) is 3.04. The van der Waals surface area contributed by atoms with E-state index in [9.17, 15) is 4.79 Å². The molecule has 1 aromatic heterocycles. The Balaban J connectivity index is 1.81. The first kappa shape index (κ1) is 16.4. The molecule has 6 heteroatoms. The van der Waals surface area contributed by atoms with Crippen molar-refractivity contribution in [3.05, 3.63) is 55.6 Å². The van der Waals surface area contributed by atoms with Gasteiger partial charge in [0.05, 0.1) is 10.3 Å². The highest BCUT2D eigenvalue weighted by molar-refractivity contribution is 9.10. The van der Waals surface area contributed by atoms with Crippen LogP contribution in [0.15, 0.2) is 40.2 Å². The van der Waals surface area contributed by atoms with Crippen LogP contribution >= 0.6 is 50.6 Å². The van der Waals surface area contributed by atoms with Crippen LogP contribution in [0, 0.1) is 0 Å². The fourth-order valence-electron chi connectivity index (χ4n) is 2.48. The number of rotatable bonds is 2. The fraction of sp³-hybridized carbons (Fsp3) is 0.312. The highest BCUT2D eigenvalue weighted by Gasteiger charge is 2.31. The monoisotopic (exact) mass is 415 g/mol. The van der Waals surface area contributed by atoms with Gasteiger partial charge in [-0.15, -0.1) is 23.1 Å². The van der Waals surface area contributed by atoms with Gasteiger partial charge in [0.15, 0.2) is 0 Å². The Morgan fingerprint density at radius 3 is 2.91 bits per heavy atom. The Labute approximate surface area is 152 Å². The van der Waals surface area contributed by atoms with E-state index in [2.05, 4.69) is 40.4 Å². The van der Waals surface area contributed by atoms with Gasteiger partial charge in [-0.05, 0) is 52.5 Å². The van der Waals surface area contributed by atoms with Gasteiger partial charge in [-0.1, -0.05) is 17.7 Å². The minimum Gasteiger partial charge on any atom is -0.334 e. The molecule has 1 saturated heterocycles. The second-order valence-corrected chi connectivity index (χ2v) is 8.75. The van der Waals surface area contributed by atoms with Crippen molar-refractivity contribution < 1.29 is 4.79 Å². The zero-order valence-corrected chi connectivity index (χ0v) is 15.9. The average molecular weight is 417 g/mol. The van der Waals surface area contributed by atoms with Crippen molar-refractivity contribution >= 4 is 56.5 Å². The predicted molar refractivity (Wildman–Crippen MR) is 99.2 cm³/mol. The normalized spacial score (nSPS) is 21.9. The summed E-state index contributed by atoms with van der Waals surface area (Å²) in [6, 6.07) is 9.85. The van der Waals surface area contributed by atoms with Crippen molar-refractivity contribution in [2.45, 2.75) is 18.2 Å². The summed E-state index contributed by atoms with van der Waals surface area (Å²) in [5.41, 5.74) is 0.650. The van der Waals surface area contributed by atoms with E-state index in [1.807, 2.05) is 28.8 Å². The lowest BCUT2D eigenvalue weighted by Gasteiger charge is -2.37. The van der Waals surface area contributed by atoms with Crippen LogP contribution in [0.25, 0.3) is 0 Å². The van der Waals surface area contributed by atoms with Crippen LogP contribution in [-0.4, -0.2) is 29.1 Å². The van der Waals surface area contributed by atoms with Crippen molar-refractivity contribution in [1.29, 1.82) is 0 Å². The van der Waals surface area contributed by atoms with Crippen molar-refractivity contribution in [1.82, 2.24) is 4.90 Å². The molecule has 0 bridgehead atoms. The molecule has 1 aromatic carbocycles. The number of carbonyl (C=O) groups is 1. The van der Waals surface area contributed by atoms with Crippen LogP contribution < -0.4 is 0 Å². The molecule has 116 valence electrons. The van der Waals surface area contributed by atoms with Gasteiger partial charge in [-0.25, -0.2) is 0 Å². The molecule has 0 spiro atoms. The number of thiophene rings is 1. The van der Waals surface area contributed by atoms with Gasteiger partial charge in [0.2, 0.25) is 0 Å². The first-order valence-corrected chi connectivity index (χ1v) is 10.1. The number of halogens is 2. The molecule has 0 saturated carbocycles. The van der Waals surface area contributed by atoms with E-state index in [1.165, 1.54) is 4.88 Å². The lowest BCUT2D eigenvalue weighted by molar-refractivity contribution is 0.0702. The zero-order chi connectivity index (χ0) is 15.7. The predicted octanol–water partition coefficient (Wildman–Crippen LogP) is 5.48. The molecule has 1 fully saturated rings. The molecule has 2 heterocycles. The van der Waals surface area contributed by atoms with Gasteiger partial charge >= 0.3 is 0 Å². The number of amides is 1. The Morgan fingerprint density at radius 1 is 1.41 bits per heavy atom. The van der Waals surface area contributed by atoms with Crippen molar-refractivity contribution in [3.8, 4) is 0 Å². The van der Waals surface area contributed by atoms with E-state index < -0.39 is 0 Å². The van der Waals surface area contributed by atoms with E-state index in [4.69, 9.17) is 11.6 Å². The summed E-state index contributed by atoms with van der Waals surface area (Å²) in [6.45, 7) is 2.86. The van der Waals surface area contributed by atoms with E-state index >= 15 is 0 Å². The Kier molecular flexibility index (Phi) is 5.17. The number of hydrogen-bond donors (Lipinski definition) is 0. The third-order valence-corrected chi connectivity index (χ3v) is 7.57. The topological polar surface area (TPSA) is 20.3 Å². The summed E-state index contributed by atoms with van der Waals surface area (Å²) in [4.78, 5) is 16.1. The molecule has 0 radical (unpaired) electrons. The summed E-state index contributed by atoms with van der Waals surface area (Å²) in [5, 5.41) is 3.03. The highest BCUT2D eigenvalue weighted by Crippen LogP contribution is 2.38. The summed E-state index contributed by atoms with van der Waals surface area (Å²) >= 11 is 13.2. The lowest BCUT2D eigenvalue weighted by atomic mass is 10.1. The first-order valence-electron chi connectivity index (χ1n) is 6.97. The number of carbonyl (C=O) groups excluding carboxylic acids is 1. The molecule has 0 N–H and O–H groups in total. The second-order valence-electron chi connectivity index (χ2n) is 5.27. The maximum atomic E-state index is 12.8. The molecule has 1 aliphatic rings. The molecule has 0 unspecified atom stereocenters. The minimum absolute atomic E-state index is 0.0590. The molecule has 22 heavy (non-hydrogen) atoms. The zero-order valence-electron chi connectivity index (χ0n) is 12.0. The number of nitrogens with zero attached hydrogens (tertiary/aromatic N) is 1. The third-order valence-electron chi connectivity index (χ3n) is 3.72. The summed E-state index contributed by atoms with van der Waals surface area (Å²) < 4.78 is 0.810. The van der Waals surface area contributed by atoms with Crippen molar-refractivity contribution in [2.24, 2.45) is 0 Å². The SMILES string of the molecule is C[C@@H]1CS[C@H](c2cccs2)CN1C(=O)c1ccc(Br)c(Cl)c1. The van der Waals surface area contributed by atoms with Crippen LogP contribution in [-0.2, 0) is 0 Å². The van der Waals surface area contributed by atoms with E-state index in [1.54, 1.807) is 17.4 Å². The van der Waals surface area contributed by atoms with Crippen LogP contribution in [0.1, 0.15) is 27.4 Å². The van der Waals surface area contributed by atoms with E-state index in [-0.39, 0.29) is 11.9 Å². The standard InChI is InChI=1S/C16H15BrClNOS2/c1-10-9-22-15(14-3-2-6-21-14)8-19(10)16(20)11-4-5-12(17)13(18)7-11/h2-7,10,15H,8-9H2,1H3/t10-,15+/m1/s1. The van der Waals surface area contributed by atoms with Crippen LogP contribution in [0.4, 0.5) is 0 Å². The van der Waals surface area contributed by atoms with Gasteiger partial charge < -0.3 is 4.90 Å². The van der Waals surface area contributed by atoms with Crippen LogP contribution in [0.3, 0.4) is 0 Å². The van der Waals surface area contributed by atoms with Gasteiger partial charge in [0.1, 0.15) is 0 Å². The van der Waals surface area contributed by atoms with Crippen LogP contribution in [0.5, 0.6) is 0 Å². The smallest absolute Gasteiger partial charge is 0.254 e. The Bertz CT molecular complexity index is 677. The fourth-order valence-corrected chi connectivity index (χ4v) is 5.18. The van der Waals surface area contributed by atoms with E-state index in [0.29, 0.717) is 15.8 Å². The maximum Gasteiger partial charge on any atom is 0.254 e. The number of hydrogen-bond acceptors (Lipinski definition) is 3. The third kappa shape index (κ3) is 3.37. The quantitative estimate of drug-likeness (QED) is 0.646. The molecule has 2 atom stereocenters. The molecule has 1 amide bonds. The Morgan fingerprint density at radius 2 is 2.23 bits per heavy atom. The van der Waals surface area contributed by atoms with Crippen molar-refractivity contribution in [3.63, 3.8) is 0 Å². The summed E-state index contributed by atoms with van der Waals surface area (Å²) in [6.07, 6.45) is 0. The first-order chi connectivity index (χ1) is 10.6. The van der Waals surface area contributed by atoms with Gasteiger partial charge in [0, 0.05) is 33.3 Å². The minimum atomic E-state index is 0.0590. The summed E-state index contributed by atoms with van der Waals surface area (Å²) in [5.74, 6) is 1.02. The molecular formula is C16H15BrClNOS2. The van der Waals surface area contributed by atoms with Crippen molar-refractivity contribution in [2.75, 3.05) is 12.3 Å². The van der Waals surface area contributed by atoms with Gasteiger partial charge in [0.25, 0.3) is 5.91 Å². The van der Waals surface area contributed by atoms with Gasteiger partial charge in [-0.2, -0.15) is 0 Å². The van der Waals surface area contributed by atoms with Crippen LogP contribution in [0.2, 0.25) is 5.02 Å². The maximum absolute atomic E-state index is 12.8. The largest absolute Gasteiger partial charge is 0.334 e. The molecule has 0 aliphatic carbocycles. The number of thioether (sulfide) groups is 1. The highest BCUT2D eigenvalue weighted by atomic mass is 79.9. The molecule has 1 aliphatic heterocycles. The molecular weight excluding hydrogens is 402 g/mol. The summed E-state index contributed by atoms with van der Waals surface area (Å²) in [7, 11) is 0. The second kappa shape index (κ2) is 6.95. The molecule has 3 rings (SSSR count). The molecule has 2 aromatic rings.